The molecule has 31 heavy (non-hydrogen) atoms. The number of hydrogen-bond acceptors (Lipinski definition) is 4. The molecular formula is C24H23FN4O2. The molecule has 3 aromatic rings. The second-order valence-corrected chi connectivity index (χ2v) is 7.60. The third-order valence-electron chi connectivity index (χ3n) is 5.74. The molecular weight excluding hydrogens is 395 g/mol. The molecule has 1 unspecified atom stereocenters. The zero-order valence-corrected chi connectivity index (χ0v) is 17.5. The van der Waals surface area contributed by atoms with E-state index in [4.69, 9.17) is 16.3 Å². The van der Waals surface area contributed by atoms with Gasteiger partial charge in [0.05, 0.1) is 24.9 Å². The minimum Gasteiger partial charge on any atom is -0.494 e. The van der Waals surface area contributed by atoms with Crippen molar-refractivity contribution >= 4 is 5.69 Å². The van der Waals surface area contributed by atoms with Crippen molar-refractivity contribution in [1.82, 2.24) is 14.9 Å². The van der Waals surface area contributed by atoms with Crippen LogP contribution in [-0.2, 0) is 13.5 Å². The second-order valence-electron chi connectivity index (χ2n) is 7.60. The summed E-state index contributed by atoms with van der Waals surface area (Å²) in [6.07, 6.45) is 2.68. The van der Waals surface area contributed by atoms with E-state index in [1.807, 2.05) is 0 Å². The van der Waals surface area contributed by atoms with Crippen molar-refractivity contribution in [3.63, 3.8) is 0 Å². The maximum absolute atomic E-state index is 14.4. The molecule has 1 saturated heterocycles. The number of aromatic nitrogens is 2. The van der Waals surface area contributed by atoms with Crippen LogP contribution in [0.25, 0.3) is 27.2 Å². The first-order valence-corrected chi connectivity index (χ1v) is 10.2. The van der Waals surface area contributed by atoms with Crippen LogP contribution in [0.4, 0.5) is 10.1 Å². The largest absolute Gasteiger partial charge is 0.494 e. The lowest BCUT2D eigenvalue weighted by atomic mass is 9.98. The number of hydrogen-bond donors (Lipinski definition) is 1. The lowest BCUT2D eigenvalue weighted by Gasteiger charge is -2.27. The summed E-state index contributed by atoms with van der Waals surface area (Å²) in [4.78, 5) is 21.7. The molecule has 1 N–H and O–H groups in total. The summed E-state index contributed by atoms with van der Waals surface area (Å²) < 4.78 is 21.0. The van der Waals surface area contributed by atoms with Crippen molar-refractivity contribution in [2.24, 2.45) is 7.05 Å². The number of aryl methyl sites for hydroxylation is 1. The van der Waals surface area contributed by atoms with E-state index in [-0.39, 0.29) is 11.3 Å². The SMILES string of the molecule is [C-]#[N+]c1ccc(-c2nc(CCC3CCN3)n(C)c(=O)c2-c2ccc(OC)c(F)c2)cc1. The first-order valence-electron chi connectivity index (χ1n) is 10.2. The number of rotatable bonds is 6. The van der Waals surface area contributed by atoms with Gasteiger partial charge in [-0.15, -0.1) is 0 Å². The molecule has 6 nitrogen and oxygen atoms in total. The van der Waals surface area contributed by atoms with Crippen LogP contribution in [0.5, 0.6) is 5.75 Å². The summed E-state index contributed by atoms with van der Waals surface area (Å²) in [7, 11) is 3.10. The highest BCUT2D eigenvalue weighted by Gasteiger charge is 2.21. The standard InChI is InChI=1S/C24H23FN4O2/c1-26-17-7-4-15(5-8-17)23-22(16-6-10-20(31-3)19(25)14-16)24(30)29(2)21(28-23)11-9-18-12-13-27-18/h4-8,10,14,18,27H,9,11-13H2,2-3H3. The van der Waals surface area contributed by atoms with Crippen LogP contribution in [0, 0.1) is 12.4 Å². The Balaban J connectivity index is 1.87. The van der Waals surface area contributed by atoms with Crippen LogP contribution in [0.2, 0.25) is 0 Å². The minimum atomic E-state index is -0.545. The number of nitrogens with zero attached hydrogens (tertiary/aromatic N) is 3. The van der Waals surface area contributed by atoms with Gasteiger partial charge >= 0.3 is 0 Å². The van der Waals surface area contributed by atoms with Crippen LogP contribution in [0.3, 0.4) is 0 Å². The highest BCUT2D eigenvalue weighted by atomic mass is 19.1. The molecule has 0 amide bonds. The molecule has 4 rings (SSSR count). The molecule has 1 aliphatic heterocycles. The zero-order valence-electron chi connectivity index (χ0n) is 17.5. The third-order valence-corrected chi connectivity index (χ3v) is 5.74. The van der Waals surface area contributed by atoms with Gasteiger partial charge in [0.25, 0.3) is 5.56 Å². The number of nitrogens with one attached hydrogen (secondary N) is 1. The molecule has 158 valence electrons. The summed E-state index contributed by atoms with van der Waals surface area (Å²) in [6.45, 7) is 8.19. The molecule has 1 aliphatic rings. The molecule has 2 heterocycles. The average molecular weight is 418 g/mol. The Morgan fingerprint density at radius 2 is 1.97 bits per heavy atom. The van der Waals surface area contributed by atoms with E-state index >= 15 is 0 Å². The van der Waals surface area contributed by atoms with E-state index in [2.05, 4.69) is 10.2 Å². The highest BCUT2D eigenvalue weighted by Crippen LogP contribution is 2.32. The van der Waals surface area contributed by atoms with E-state index in [1.54, 1.807) is 41.9 Å². The van der Waals surface area contributed by atoms with Gasteiger partial charge in [0.2, 0.25) is 0 Å². The number of methoxy groups -OCH3 is 1. The lowest BCUT2D eigenvalue weighted by molar-refractivity contribution is 0.347. The molecule has 0 aliphatic carbocycles. The Morgan fingerprint density at radius 1 is 1.26 bits per heavy atom. The molecule has 1 fully saturated rings. The molecule has 0 bridgehead atoms. The molecule has 7 heteroatoms. The van der Waals surface area contributed by atoms with E-state index in [1.165, 1.54) is 19.2 Å². The monoisotopic (exact) mass is 418 g/mol. The van der Waals surface area contributed by atoms with Crippen molar-refractivity contribution in [1.29, 1.82) is 0 Å². The molecule has 0 radical (unpaired) electrons. The van der Waals surface area contributed by atoms with Crippen LogP contribution in [0.15, 0.2) is 47.3 Å². The van der Waals surface area contributed by atoms with Crippen molar-refractivity contribution in [2.45, 2.75) is 25.3 Å². The second kappa shape index (κ2) is 8.70. The Morgan fingerprint density at radius 3 is 2.55 bits per heavy atom. The summed E-state index contributed by atoms with van der Waals surface area (Å²) >= 11 is 0. The summed E-state index contributed by atoms with van der Waals surface area (Å²) in [6, 6.07) is 11.9. The normalized spacial score (nSPS) is 15.2. The van der Waals surface area contributed by atoms with Gasteiger partial charge in [-0.2, -0.15) is 0 Å². The van der Waals surface area contributed by atoms with Gasteiger partial charge in [-0.3, -0.25) is 9.36 Å². The Bertz CT molecular complexity index is 1210. The van der Waals surface area contributed by atoms with Crippen molar-refractivity contribution in [3.8, 4) is 28.1 Å². The van der Waals surface area contributed by atoms with Crippen LogP contribution in [0.1, 0.15) is 18.7 Å². The zero-order chi connectivity index (χ0) is 22.0. The van der Waals surface area contributed by atoms with E-state index < -0.39 is 5.82 Å². The fourth-order valence-corrected chi connectivity index (χ4v) is 3.75. The van der Waals surface area contributed by atoms with Gasteiger partial charge < -0.3 is 10.1 Å². The van der Waals surface area contributed by atoms with Gasteiger partial charge in [0, 0.05) is 19.5 Å². The summed E-state index contributed by atoms with van der Waals surface area (Å²) in [5, 5.41) is 3.37. The van der Waals surface area contributed by atoms with Gasteiger partial charge in [-0.05, 0) is 42.6 Å². The highest BCUT2D eigenvalue weighted by molar-refractivity contribution is 5.81. The van der Waals surface area contributed by atoms with Crippen molar-refractivity contribution in [2.75, 3.05) is 13.7 Å². The van der Waals surface area contributed by atoms with E-state index in [0.29, 0.717) is 46.4 Å². The Labute approximate surface area is 180 Å². The average Bonchev–Trinajstić information content (AvgIpc) is 2.75. The third kappa shape index (κ3) is 4.07. The Hall–Kier alpha value is -3.50. The van der Waals surface area contributed by atoms with Gasteiger partial charge in [-0.1, -0.05) is 30.3 Å². The molecule has 1 aromatic heterocycles. The fourth-order valence-electron chi connectivity index (χ4n) is 3.75. The number of benzene rings is 2. The number of halogens is 1. The van der Waals surface area contributed by atoms with E-state index in [0.717, 1.165) is 19.4 Å². The summed E-state index contributed by atoms with van der Waals surface area (Å²) in [5.74, 6) is 0.248. The predicted octanol–water partition coefficient (Wildman–Crippen LogP) is 4.11. The first kappa shape index (κ1) is 20.8. The van der Waals surface area contributed by atoms with Gasteiger partial charge in [-0.25, -0.2) is 14.2 Å². The van der Waals surface area contributed by atoms with Crippen LogP contribution in [-0.4, -0.2) is 29.2 Å². The minimum absolute atomic E-state index is 0.112. The van der Waals surface area contributed by atoms with Crippen LogP contribution < -0.4 is 15.6 Å². The van der Waals surface area contributed by atoms with E-state index in [9.17, 15) is 9.18 Å². The predicted molar refractivity (Wildman–Crippen MR) is 118 cm³/mol. The molecule has 1 atom stereocenters. The smallest absolute Gasteiger partial charge is 0.261 e. The first-order chi connectivity index (χ1) is 15.0. The van der Waals surface area contributed by atoms with Gasteiger partial charge in [0.15, 0.2) is 17.3 Å². The molecule has 0 spiro atoms. The van der Waals surface area contributed by atoms with Crippen molar-refractivity contribution in [3.05, 3.63) is 75.9 Å². The maximum atomic E-state index is 14.4. The van der Waals surface area contributed by atoms with Crippen molar-refractivity contribution < 1.29 is 9.13 Å². The topological polar surface area (TPSA) is 60.5 Å². The van der Waals surface area contributed by atoms with Crippen LogP contribution >= 0.6 is 0 Å². The lowest BCUT2D eigenvalue weighted by Crippen LogP contribution is -2.43. The van der Waals surface area contributed by atoms with Gasteiger partial charge in [0.1, 0.15) is 5.82 Å². The molecule has 0 saturated carbocycles. The maximum Gasteiger partial charge on any atom is 0.261 e. The molecule has 2 aromatic carbocycles. The number of ether oxygens (including phenoxy) is 1. The quantitative estimate of drug-likeness (QED) is 0.612. The summed E-state index contributed by atoms with van der Waals surface area (Å²) in [5.41, 5.74) is 2.22. The Kier molecular flexibility index (Phi) is 5.83. The fraction of sp³-hybridized carbons (Fsp3) is 0.292.